The third-order valence-corrected chi connectivity index (χ3v) is 5.28. The lowest BCUT2D eigenvalue weighted by Gasteiger charge is -2.36. The summed E-state index contributed by atoms with van der Waals surface area (Å²) in [6.07, 6.45) is 4.38. The lowest BCUT2D eigenvalue weighted by Crippen LogP contribution is -2.44. The van der Waals surface area contributed by atoms with Crippen LogP contribution in [-0.4, -0.2) is 52.7 Å². The normalized spacial score (nSPS) is 18.8. The average Bonchev–Trinajstić information content (AvgIpc) is 2.64. The lowest BCUT2D eigenvalue weighted by molar-refractivity contribution is -0.383. The molecule has 0 spiro atoms. The molecule has 0 aromatic heterocycles. The van der Waals surface area contributed by atoms with Crippen LogP contribution in [0.4, 0.5) is 11.4 Å². The Kier molecular flexibility index (Phi) is 5.39. The number of carbonyl (C=O) groups is 2. The molecule has 0 radical (unpaired) electrons. The van der Waals surface area contributed by atoms with E-state index in [-0.39, 0.29) is 28.8 Å². The predicted octanol–water partition coefficient (Wildman–Crippen LogP) is 2.04. The van der Waals surface area contributed by atoms with Gasteiger partial charge in [0.15, 0.2) is 0 Å². The monoisotopic (exact) mass is 360 g/mol. The van der Waals surface area contributed by atoms with E-state index in [0.29, 0.717) is 25.4 Å². The number of nitro benzene ring substituents is 1. The van der Waals surface area contributed by atoms with Crippen LogP contribution in [0.1, 0.15) is 42.5 Å². The zero-order valence-electron chi connectivity index (χ0n) is 14.7. The second-order valence-electron chi connectivity index (χ2n) is 7.06. The highest BCUT2D eigenvalue weighted by atomic mass is 16.6. The van der Waals surface area contributed by atoms with E-state index in [1.54, 1.807) is 4.90 Å². The number of piperidine rings is 2. The van der Waals surface area contributed by atoms with Crippen molar-refractivity contribution in [1.29, 1.82) is 0 Å². The Morgan fingerprint density at radius 3 is 2.62 bits per heavy atom. The average molecular weight is 360 g/mol. The van der Waals surface area contributed by atoms with E-state index in [4.69, 9.17) is 5.73 Å². The first-order valence-electron chi connectivity index (χ1n) is 9.06. The Labute approximate surface area is 152 Å². The molecule has 2 amide bonds. The van der Waals surface area contributed by atoms with Crippen LogP contribution in [0.3, 0.4) is 0 Å². The highest BCUT2D eigenvalue weighted by molar-refractivity contribution is 5.95. The molecule has 0 saturated carbocycles. The summed E-state index contributed by atoms with van der Waals surface area (Å²) in [5.41, 5.74) is 5.69. The van der Waals surface area contributed by atoms with Crippen molar-refractivity contribution in [1.82, 2.24) is 9.80 Å². The van der Waals surface area contributed by atoms with Gasteiger partial charge in [-0.3, -0.25) is 19.7 Å². The Hall–Kier alpha value is -2.64. The minimum Gasteiger partial charge on any atom is -0.393 e. The van der Waals surface area contributed by atoms with E-state index < -0.39 is 4.92 Å². The fourth-order valence-electron chi connectivity index (χ4n) is 3.70. The van der Waals surface area contributed by atoms with Crippen LogP contribution in [0.15, 0.2) is 18.2 Å². The highest BCUT2D eigenvalue weighted by Gasteiger charge is 2.28. The number of hydrogen-bond donors (Lipinski definition) is 1. The topological polar surface area (TPSA) is 110 Å². The highest BCUT2D eigenvalue weighted by Crippen LogP contribution is 2.25. The quantitative estimate of drug-likeness (QED) is 0.502. The molecule has 0 unspecified atom stereocenters. The molecule has 0 bridgehead atoms. The number of rotatable bonds is 4. The van der Waals surface area contributed by atoms with E-state index in [0.717, 1.165) is 38.8 Å². The number of amides is 2. The van der Waals surface area contributed by atoms with Crippen LogP contribution < -0.4 is 5.73 Å². The molecule has 8 heteroatoms. The minimum atomic E-state index is -0.575. The molecule has 2 N–H and O–H groups in total. The zero-order chi connectivity index (χ0) is 18.7. The molecule has 8 nitrogen and oxygen atoms in total. The van der Waals surface area contributed by atoms with Crippen LogP contribution in [0.25, 0.3) is 0 Å². The Bertz CT molecular complexity index is 713. The molecule has 26 heavy (non-hydrogen) atoms. The maximum Gasteiger partial charge on any atom is 0.292 e. The first-order chi connectivity index (χ1) is 12.5. The van der Waals surface area contributed by atoms with Gasteiger partial charge in [-0.1, -0.05) is 0 Å². The molecule has 0 atom stereocenters. The SMILES string of the molecule is Nc1ccc(C(=O)N2CCC(CN3CCCCC3=O)CC2)cc1[N+](=O)[O-]. The maximum atomic E-state index is 12.6. The molecule has 2 heterocycles. The molecule has 2 saturated heterocycles. The van der Waals surface area contributed by atoms with Crippen molar-refractivity contribution in [3.63, 3.8) is 0 Å². The first-order valence-corrected chi connectivity index (χ1v) is 9.06. The van der Waals surface area contributed by atoms with Crippen LogP contribution in [0.2, 0.25) is 0 Å². The lowest BCUT2D eigenvalue weighted by atomic mass is 9.94. The van der Waals surface area contributed by atoms with E-state index in [1.165, 1.54) is 18.2 Å². The molecule has 3 rings (SSSR count). The van der Waals surface area contributed by atoms with Crippen LogP contribution >= 0.6 is 0 Å². The van der Waals surface area contributed by atoms with Gasteiger partial charge in [0, 0.05) is 44.2 Å². The Morgan fingerprint density at radius 1 is 1.23 bits per heavy atom. The summed E-state index contributed by atoms with van der Waals surface area (Å²) in [7, 11) is 0. The van der Waals surface area contributed by atoms with Crippen molar-refractivity contribution < 1.29 is 14.5 Å². The minimum absolute atomic E-state index is 0.0523. The number of nitrogens with zero attached hydrogens (tertiary/aromatic N) is 3. The van der Waals surface area contributed by atoms with Gasteiger partial charge in [-0.2, -0.15) is 0 Å². The summed E-state index contributed by atoms with van der Waals surface area (Å²) in [4.78, 5) is 38.7. The number of carbonyl (C=O) groups excluding carboxylic acids is 2. The van der Waals surface area contributed by atoms with Crippen LogP contribution in [-0.2, 0) is 4.79 Å². The van der Waals surface area contributed by atoms with Gasteiger partial charge in [0.25, 0.3) is 11.6 Å². The third-order valence-electron chi connectivity index (χ3n) is 5.28. The first kappa shape index (κ1) is 18.2. The number of benzene rings is 1. The number of likely N-dealkylation sites (tertiary alicyclic amines) is 2. The van der Waals surface area contributed by atoms with Gasteiger partial charge >= 0.3 is 0 Å². The fourth-order valence-corrected chi connectivity index (χ4v) is 3.70. The van der Waals surface area contributed by atoms with Gasteiger partial charge in [-0.15, -0.1) is 0 Å². The number of nitrogen functional groups attached to an aromatic ring is 1. The predicted molar refractivity (Wildman–Crippen MR) is 96.6 cm³/mol. The van der Waals surface area contributed by atoms with Crippen molar-refractivity contribution in [3.05, 3.63) is 33.9 Å². The van der Waals surface area contributed by atoms with Gasteiger partial charge in [0.1, 0.15) is 5.69 Å². The summed E-state index contributed by atoms with van der Waals surface area (Å²) in [5.74, 6) is 0.436. The molecule has 0 aliphatic carbocycles. The summed E-state index contributed by atoms with van der Waals surface area (Å²) in [6.45, 7) is 2.81. The van der Waals surface area contributed by atoms with Crippen molar-refractivity contribution in [3.8, 4) is 0 Å². The number of hydrogen-bond acceptors (Lipinski definition) is 5. The Morgan fingerprint density at radius 2 is 1.96 bits per heavy atom. The van der Waals surface area contributed by atoms with E-state index in [1.807, 2.05) is 4.90 Å². The second-order valence-corrected chi connectivity index (χ2v) is 7.06. The third kappa shape index (κ3) is 3.95. The number of nitrogens with two attached hydrogens (primary N) is 1. The fraction of sp³-hybridized carbons (Fsp3) is 0.556. The van der Waals surface area contributed by atoms with Gasteiger partial charge in [-0.25, -0.2) is 0 Å². The van der Waals surface area contributed by atoms with Crippen molar-refractivity contribution in [2.24, 2.45) is 5.92 Å². The van der Waals surface area contributed by atoms with Crippen molar-refractivity contribution in [2.45, 2.75) is 32.1 Å². The molecule has 1 aromatic rings. The smallest absolute Gasteiger partial charge is 0.292 e. The van der Waals surface area contributed by atoms with Gasteiger partial charge in [0.05, 0.1) is 4.92 Å². The molecule has 140 valence electrons. The molecule has 2 aliphatic heterocycles. The summed E-state index contributed by atoms with van der Waals surface area (Å²) in [5, 5.41) is 11.0. The van der Waals surface area contributed by atoms with Gasteiger partial charge in [-0.05, 0) is 43.7 Å². The summed E-state index contributed by atoms with van der Waals surface area (Å²) in [6, 6.07) is 4.18. The maximum absolute atomic E-state index is 12.6. The van der Waals surface area contributed by atoms with E-state index >= 15 is 0 Å². The largest absolute Gasteiger partial charge is 0.393 e. The van der Waals surface area contributed by atoms with E-state index in [9.17, 15) is 19.7 Å². The molecule has 2 aliphatic rings. The van der Waals surface area contributed by atoms with Crippen molar-refractivity contribution in [2.75, 3.05) is 31.9 Å². The molecular formula is C18H24N4O4. The Balaban J connectivity index is 1.57. The van der Waals surface area contributed by atoms with Gasteiger partial charge in [0.2, 0.25) is 5.91 Å². The van der Waals surface area contributed by atoms with E-state index in [2.05, 4.69) is 0 Å². The second kappa shape index (κ2) is 7.72. The standard InChI is InChI=1S/C18H24N4O4/c19-15-5-4-14(11-16(15)22(25)26)18(24)20-9-6-13(7-10-20)12-21-8-2-1-3-17(21)23/h4-5,11,13H,1-3,6-10,12,19H2. The summed E-state index contributed by atoms with van der Waals surface area (Å²) < 4.78 is 0. The van der Waals surface area contributed by atoms with Crippen molar-refractivity contribution >= 4 is 23.2 Å². The van der Waals surface area contributed by atoms with Crippen LogP contribution in [0.5, 0.6) is 0 Å². The molecule has 1 aromatic carbocycles. The van der Waals surface area contributed by atoms with Gasteiger partial charge < -0.3 is 15.5 Å². The van der Waals surface area contributed by atoms with Crippen LogP contribution in [0, 0.1) is 16.0 Å². The summed E-state index contributed by atoms with van der Waals surface area (Å²) >= 11 is 0. The number of anilines is 1. The number of nitro groups is 1. The molecular weight excluding hydrogens is 336 g/mol. The zero-order valence-corrected chi connectivity index (χ0v) is 14.7. The molecule has 2 fully saturated rings.